The SMILES string of the molecule is COCCN=C(NN)N(C)c1ccccc1OC. The predicted molar refractivity (Wildman–Crippen MR) is 72.9 cm³/mol. The number of ether oxygens (including phenoxy) is 2. The third-order valence-corrected chi connectivity index (χ3v) is 2.45. The number of aliphatic imine (C=N–C) groups is 1. The number of nitrogens with one attached hydrogen (secondary N) is 1. The third-order valence-electron chi connectivity index (χ3n) is 2.45. The van der Waals surface area contributed by atoms with Crippen LogP contribution in [0.15, 0.2) is 29.3 Å². The summed E-state index contributed by atoms with van der Waals surface area (Å²) in [7, 11) is 5.13. The molecule has 18 heavy (non-hydrogen) atoms. The third kappa shape index (κ3) is 3.61. The van der Waals surface area contributed by atoms with Crippen LogP contribution in [0.5, 0.6) is 5.75 Å². The van der Waals surface area contributed by atoms with Crippen LogP contribution in [0.4, 0.5) is 5.69 Å². The second-order valence-corrected chi connectivity index (χ2v) is 3.57. The molecule has 100 valence electrons. The lowest BCUT2D eigenvalue weighted by Crippen LogP contribution is -2.43. The van der Waals surface area contributed by atoms with Gasteiger partial charge < -0.3 is 14.4 Å². The normalized spacial score (nSPS) is 11.2. The first-order valence-electron chi connectivity index (χ1n) is 5.61. The molecule has 0 atom stereocenters. The first kappa shape index (κ1) is 14.3. The summed E-state index contributed by atoms with van der Waals surface area (Å²) in [6, 6.07) is 7.66. The Bertz CT molecular complexity index is 395. The van der Waals surface area contributed by atoms with Crippen molar-refractivity contribution in [1.29, 1.82) is 0 Å². The van der Waals surface area contributed by atoms with Gasteiger partial charge in [-0.25, -0.2) is 10.8 Å². The molecular formula is C12H20N4O2. The average Bonchev–Trinajstić information content (AvgIpc) is 2.43. The van der Waals surface area contributed by atoms with E-state index in [4.69, 9.17) is 15.3 Å². The van der Waals surface area contributed by atoms with Crippen LogP contribution in [0.25, 0.3) is 0 Å². The number of anilines is 1. The molecule has 0 aliphatic heterocycles. The maximum atomic E-state index is 5.48. The Morgan fingerprint density at radius 3 is 2.72 bits per heavy atom. The van der Waals surface area contributed by atoms with Crippen LogP contribution in [-0.4, -0.2) is 40.4 Å². The van der Waals surface area contributed by atoms with E-state index in [9.17, 15) is 0 Å². The molecule has 1 aromatic rings. The zero-order valence-electron chi connectivity index (χ0n) is 11.0. The molecule has 0 radical (unpaired) electrons. The number of benzene rings is 1. The summed E-state index contributed by atoms with van der Waals surface area (Å²) in [6.45, 7) is 1.08. The van der Waals surface area contributed by atoms with Crippen molar-refractivity contribution < 1.29 is 9.47 Å². The minimum Gasteiger partial charge on any atom is -0.495 e. The monoisotopic (exact) mass is 252 g/mol. The number of hydrogen-bond donors (Lipinski definition) is 2. The van der Waals surface area contributed by atoms with Crippen LogP contribution in [0.2, 0.25) is 0 Å². The Labute approximate surface area is 107 Å². The van der Waals surface area contributed by atoms with Gasteiger partial charge in [0.1, 0.15) is 5.75 Å². The van der Waals surface area contributed by atoms with Gasteiger partial charge in [-0.3, -0.25) is 5.43 Å². The topological polar surface area (TPSA) is 72.1 Å². The molecule has 0 bridgehead atoms. The van der Waals surface area contributed by atoms with Crippen molar-refractivity contribution in [3.05, 3.63) is 24.3 Å². The van der Waals surface area contributed by atoms with E-state index in [2.05, 4.69) is 10.4 Å². The maximum Gasteiger partial charge on any atom is 0.212 e. The highest BCUT2D eigenvalue weighted by atomic mass is 16.5. The number of nitrogens with zero attached hydrogens (tertiary/aromatic N) is 2. The Morgan fingerprint density at radius 1 is 1.39 bits per heavy atom. The van der Waals surface area contributed by atoms with Gasteiger partial charge >= 0.3 is 0 Å². The lowest BCUT2D eigenvalue weighted by Gasteiger charge is -2.22. The van der Waals surface area contributed by atoms with Gasteiger partial charge in [0.15, 0.2) is 0 Å². The van der Waals surface area contributed by atoms with Gasteiger partial charge in [-0.05, 0) is 12.1 Å². The van der Waals surface area contributed by atoms with Crippen LogP contribution in [0.3, 0.4) is 0 Å². The van der Waals surface area contributed by atoms with Gasteiger partial charge in [-0.2, -0.15) is 0 Å². The van der Waals surface area contributed by atoms with Crippen molar-refractivity contribution in [1.82, 2.24) is 5.43 Å². The number of hydrogen-bond acceptors (Lipinski definition) is 4. The van der Waals surface area contributed by atoms with E-state index in [-0.39, 0.29) is 0 Å². The molecule has 0 spiro atoms. The largest absolute Gasteiger partial charge is 0.495 e. The summed E-state index contributed by atoms with van der Waals surface area (Å²) in [5.41, 5.74) is 3.46. The molecule has 0 aromatic heterocycles. The molecule has 3 N–H and O–H groups in total. The number of hydrazine groups is 1. The van der Waals surface area contributed by atoms with E-state index in [1.54, 1.807) is 14.2 Å². The molecule has 1 rings (SSSR count). The highest BCUT2D eigenvalue weighted by Crippen LogP contribution is 2.26. The first-order valence-corrected chi connectivity index (χ1v) is 5.61. The number of methoxy groups -OCH3 is 2. The Hall–Kier alpha value is -1.79. The molecule has 0 aliphatic rings. The van der Waals surface area contributed by atoms with Crippen molar-refractivity contribution in [3.8, 4) is 5.75 Å². The molecule has 0 heterocycles. The number of rotatable bonds is 5. The zero-order valence-corrected chi connectivity index (χ0v) is 11.0. The smallest absolute Gasteiger partial charge is 0.212 e. The van der Waals surface area contributed by atoms with E-state index in [1.807, 2.05) is 36.2 Å². The molecule has 0 saturated heterocycles. The predicted octanol–water partition coefficient (Wildman–Crippen LogP) is 0.597. The van der Waals surface area contributed by atoms with Gasteiger partial charge in [0, 0.05) is 14.2 Å². The quantitative estimate of drug-likeness (QED) is 0.264. The van der Waals surface area contributed by atoms with Gasteiger partial charge in [0.25, 0.3) is 0 Å². The number of para-hydroxylation sites is 2. The Kier molecular flexibility index (Phi) is 5.96. The fourth-order valence-electron chi connectivity index (χ4n) is 1.51. The fourth-order valence-corrected chi connectivity index (χ4v) is 1.51. The fraction of sp³-hybridized carbons (Fsp3) is 0.417. The van der Waals surface area contributed by atoms with Gasteiger partial charge in [-0.15, -0.1) is 0 Å². The summed E-state index contributed by atoms with van der Waals surface area (Å²) in [5.74, 6) is 6.79. The second-order valence-electron chi connectivity index (χ2n) is 3.57. The van der Waals surface area contributed by atoms with Gasteiger partial charge in [0.05, 0.1) is 25.9 Å². The summed E-state index contributed by atoms with van der Waals surface area (Å²) >= 11 is 0. The van der Waals surface area contributed by atoms with Crippen molar-refractivity contribution in [3.63, 3.8) is 0 Å². The Balaban J connectivity index is 2.89. The lowest BCUT2D eigenvalue weighted by atomic mass is 10.3. The molecule has 6 heteroatoms. The van der Waals surface area contributed by atoms with Crippen molar-refractivity contribution in [2.24, 2.45) is 10.8 Å². The van der Waals surface area contributed by atoms with E-state index in [1.165, 1.54) is 0 Å². The van der Waals surface area contributed by atoms with E-state index in [0.29, 0.717) is 19.1 Å². The van der Waals surface area contributed by atoms with Crippen LogP contribution < -0.4 is 20.9 Å². The maximum absolute atomic E-state index is 5.48. The average molecular weight is 252 g/mol. The summed E-state index contributed by atoms with van der Waals surface area (Å²) in [4.78, 5) is 6.14. The minimum absolute atomic E-state index is 0.537. The van der Waals surface area contributed by atoms with Crippen LogP contribution in [-0.2, 0) is 4.74 Å². The first-order chi connectivity index (χ1) is 8.74. The highest BCUT2D eigenvalue weighted by Gasteiger charge is 2.11. The summed E-state index contributed by atoms with van der Waals surface area (Å²) in [6.07, 6.45) is 0. The van der Waals surface area contributed by atoms with Crippen molar-refractivity contribution in [2.45, 2.75) is 0 Å². The molecule has 1 aromatic carbocycles. The molecule has 0 fully saturated rings. The molecule has 0 aliphatic carbocycles. The van der Waals surface area contributed by atoms with Gasteiger partial charge in [0.2, 0.25) is 5.96 Å². The van der Waals surface area contributed by atoms with E-state index < -0.39 is 0 Å². The minimum atomic E-state index is 0.537. The second kappa shape index (κ2) is 7.52. The molecular weight excluding hydrogens is 232 g/mol. The van der Waals surface area contributed by atoms with E-state index >= 15 is 0 Å². The molecule has 6 nitrogen and oxygen atoms in total. The van der Waals surface area contributed by atoms with Gasteiger partial charge in [-0.1, -0.05) is 12.1 Å². The van der Waals surface area contributed by atoms with Crippen LogP contribution in [0, 0.1) is 0 Å². The number of nitrogens with two attached hydrogens (primary N) is 1. The standard InChI is InChI=1S/C12H20N4O2/c1-16(12(15-13)14-8-9-17-2)10-6-4-5-7-11(10)18-3/h4-7H,8-9,13H2,1-3H3,(H,14,15). The highest BCUT2D eigenvalue weighted by molar-refractivity contribution is 5.96. The van der Waals surface area contributed by atoms with E-state index in [0.717, 1.165) is 11.4 Å². The van der Waals surface area contributed by atoms with Crippen LogP contribution in [0.1, 0.15) is 0 Å². The molecule has 0 saturated carbocycles. The summed E-state index contributed by atoms with van der Waals surface area (Å²) < 4.78 is 10.2. The molecule has 0 amide bonds. The molecule has 0 unspecified atom stereocenters. The van der Waals surface area contributed by atoms with Crippen molar-refractivity contribution >= 4 is 11.6 Å². The zero-order chi connectivity index (χ0) is 13.4. The number of guanidine groups is 1. The Morgan fingerprint density at radius 2 is 2.11 bits per heavy atom. The lowest BCUT2D eigenvalue weighted by molar-refractivity contribution is 0.208. The van der Waals surface area contributed by atoms with Crippen LogP contribution >= 0.6 is 0 Å². The summed E-state index contributed by atoms with van der Waals surface area (Å²) in [5, 5.41) is 0. The van der Waals surface area contributed by atoms with Crippen molar-refractivity contribution in [2.75, 3.05) is 39.3 Å².